The Morgan fingerprint density at radius 3 is 2.63 bits per heavy atom. The Morgan fingerprint density at radius 2 is 1.97 bits per heavy atom. The van der Waals surface area contributed by atoms with Crippen LogP contribution in [0.4, 0.5) is 0 Å². The Kier molecular flexibility index (Phi) is 6.20. The van der Waals surface area contributed by atoms with Gasteiger partial charge >= 0.3 is 0 Å². The summed E-state index contributed by atoms with van der Waals surface area (Å²) in [7, 11) is 0. The quantitative estimate of drug-likeness (QED) is 0.709. The van der Waals surface area contributed by atoms with Gasteiger partial charge in [-0.1, -0.05) is 0 Å². The molecule has 7 nitrogen and oxygen atoms in total. The summed E-state index contributed by atoms with van der Waals surface area (Å²) >= 11 is 3.02. The molecule has 1 atom stereocenters. The van der Waals surface area contributed by atoms with Gasteiger partial charge in [0.15, 0.2) is 0 Å². The number of nitrogens with zero attached hydrogens (tertiary/aromatic N) is 2. The van der Waals surface area contributed by atoms with Gasteiger partial charge in [-0.15, -0.1) is 23.1 Å². The van der Waals surface area contributed by atoms with Crippen molar-refractivity contribution in [2.45, 2.75) is 63.5 Å². The van der Waals surface area contributed by atoms with Crippen molar-refractivity contribution in [2.24, 2.45) is 5.92 Å². The van der Waals surface area contributed by atoms with Gasteiger partial charge in [0.1, 0.15) is 10.7 Å². The predicted octanol–water partition coefficient (Wildman–Crippen LogP) is 2.74. The highest BCUT2D eigenvalue weighted by Gasteiger charge is 2.32. The average molecular weight is 449 g/mol. The average Bonchev–Trinajstić information content (AvgIpc) is 3.49. The van der Waals surface area contributed by atoms with E-state index in [2.05, 4.69) is 15.3 Å². The summed E-state index contributed by atoms with van der Waals surface area (Å²) in [4.78, 5) is 48.6. The minimum absolute atomic E-state index is 0.0244. The van der Waals surface area contributed by atoms with Crippen LogP contribution in [0.25, 0.3) is 10.2 Å². The second kappa shape index (κ2) is 8.70. The number of rotatable bonds is 6. The van der Waals surface area contributed by atoms with Crippen LogP contribution in [-0.2, 0) is 15.3 Å². The van der Waals surface area contributed by atoms with Crippen LogP contribution in [0.2, 0.25) is 0 Å². The minimum atomic E-state index is -0.227. The summed E-state index contributed by atoms with van der Waals surface area (Å²) in [6.45, 7) is 7.09. The molecule has 1 aliphatic carbocycles. The number of likely N-dealkylation sites (tertiary alicyclic amines) is 1. The van der Waals surface area contributed by atoms with Crippen molar-refractivity contribution >= 4 is 45.1 Å². The monoisotopic (exact) mass is 448 g/mol. The topological polar surface area (TPSA) is 95.2 Å². The summed E-state index contributed by atoms with van der Waals surface area (Å²) in [6, 6.07) is 0.384. The molecule has 1 saturated carbocycles. The van der Waals surface area contributed by atoms with E-state index in [4.69, 9.17) is 0 Å². The summed E-state index contributed by atoms with van der Waals surface area (Å²) in [5.74, 6) is 1.35. The van der Waals surface area contributed by atoms with Gasteiger partial charge in [0.2, 0.25) is 11.8 Å². The van der Waals surface area contributed by atoms with Crippen molar-refractivity contribution in [1.82, 2.24) is 20.2 Å². The van der Waals surface area contributed by atoms with Crippen molar-refractivity contribution in [3.63, 3.8) is 0 Å². The van der Waals surface area contributed by atoms with E-state index in [-0.39, 0.29) is 28.5 Å². The molecule has 4 rings (SSSR count). The maximum absolute atomic E-state index is 12.8. The van der Waals surface area contributed by atoms with E-state index in [1.54, 1.807) is 0 Å². The van der Waals surface area contributed by atoms with Crippen LogP contribution in [0.15, 0.2) is 4.79 Å². The maximum atomic E-state index is 12.8. The van der Waals surface area contributed by atoms with Gasteiger partial charge in [0.25, 0.3) is 5.56 Å². The van der Waals surface area contributed by atoms with Gasteiger partial charge in [-0.2, -0.15) is 0 Å². The number of hydrogen-bond donors (Lipinski definition) is 2. The molecule has 1 saturated heterocycles. The lowest BCUT2D eigenvalue weighted by atomic mass is 9.95. The molecule has 0 bridgehead atoms. The highest BCUT2D eigenvalue weighted by Crippen LogP contribution is 2.27. The largest absolute Gasteiger partial charge is 0.353 e. The fraction of sp³-hybridized carbons (Fsp3) is 0.619. The first-order valence-electron chi connectivity index (χ1n) is 10.5. The SMILES string of the molecule is Cc1sc2nc(CSC(C)C(=O)N3CCC(C(=O)NC4CC4)CC3)[nH]c(=O)c2c1C. The van der Waals surface area contributed by atoms with Gasteiger partial charge < -0.3 is 15.2 Å². The number of thioether (sulfide) groups is 1. The Bertz CT molecular complexity index is 1020. The van der Waals surface area contributed by atoms with E-state index in [0.29, 0.717) is 36.1 Å². The van der Waals surface area contributed by atoms with Crippen LogP contribution < -0.4 is 10.9 Å². The molecule has 2 amide bonds. The number of carbonyl (C=O) groups excluding carboxylic acids is 2. The first-order chi connectivity index (χ1) is 14.3. The fourth-order valence-corrected chi connectivity index (χ4v) is 5.69. The van der Waals surface area contributed by atoms with E-state index in [1.807, 2.05) is 25.7 Å². The lowest BCUT2D eigenvalue weighted by molar-refractivity contribution is -0.135. The number of piperidine rings is 1. The van der Waals surface area contributed by atoms with Crippen molar-refractivity contribution in [3.05, 3.63) is 26.6 Å². The van der Waals surface area contributed by atoms with Crippen molar-refractivity contribution in [1.29, 1.82) is 0 Å². The number of aromatic nitrogens is 2. The van der Waals surface area contributed by atoms with E-state index in [1.165, 1.54) is 23.1 Å². The van der Waals surface area contributed by atoms with Gasteiger partial charge in [0, 0.05) is 29.9 Å². The van der Waals surface area contributed by atoms with Gasteiger partial charge in [-0.25, -0.2) is 4.98 Å². The van der Waals surface area contributed by atoms with Crippen molar-refractivity contribution in [2.75, 3.05) is 13.1 Å². The second-order valence-corrected chi connectivity index (χ2v) is 10.8. The molecule has 2 aromatic rings. The standard InChI is InChI=1S/C21H28N4O3S2/c1-11-12(2)30-20-17(11)19(27)23-16(24-20)10-29-13(3)21(28)25-8-6-14(7-9-25)18(26)22-15-4-5-15/h13-15H,4-10H2,1-3H3,(H,22,26)(H,23,24,27). The number of fused-ring (bicyclic) bond motifs is 1. The third-order valence-electron chi connectivity index (χ3n) is 6.01. The molecule has 0 radical (unpaired) electrons. The number of aryl methyl sites for hydroxylation is 2. The number of amides is 2. The molecule has 9 heteroatoms. The lowest BCUT2D eigenvalue weighted by Crippen LogP contribution is -2.45. The third kappa shape index (κ3) is 4.56. The first-order valence-corrected chi connectivity index (χ1v) is 12.4. The minimum Gasteiger partial charge on any atom is -0.353 e. The molecular weight excluding hydrogens is 420 g/mol. The van der Waals surface area contributed by atoms with Crippen LogP contribution in [0.5, 0.6) is 0 Å². The molecule has 2 N–H and O–H groups in total. The third-order valence-corrected chi connectivity index (χ3v) is 8.25. The molecule has 2 aromatic heterocycles. The van der Waals surface area contributed by atoms with E-state index >= 15 is 0 Å². The molecule has 2 aliphatic rings. The molecule has 1 unspecified atom stereocenters. The van der Waals surface area contributed by atoms with Crippen molar-refractivity contribution in [3.8, 4) is 0 Å². The van der Waals surface area contributed by atoms with Gasteiger partial charge in [-0.05, 0) is 52.0 Å². The van der Waals surface area contributed by atoms with Crippen molar-refractivity contribution < 1.29 is 9.59 Å². The highest BCUT2D eigenvalue weighted by atomic mass is 32.2. The lowest BCUT2D eigenvalue weighted by Gasteiger charge is -2.33. The molecule has 1 aliphatic heterocycles. The summed E-state index contributed by atoms with van der Waals surface area (Å²) in [5.41, 5.74) is 0.878. The molecule has 0 aromatic carbocycles. The molecule has 3 heterocycles. The maximum Gasteiger partial charge on any atom is 0.259 e. The van der Waals surface area contributed by atoms with Crippen LogP contribution in [0.3, 0.4) is 0 Å². The number of aromatic amines is 1. The van der Waals surface area contributed by atoms with Gasteiger partial charge in [0.05, 0.1) is 16.4 Å². The number of hydrogen-bond acceptors (Lipinski definition) is 6. The highest BCUT2D eigenvalue weighted by molar-refractivity contribution is 7.99. The Labute approximate surface area is 184 Å². The van der Waals surface area contributed by atoms with Crippen LogP contribution >= 0.6 is 23.1 Å². The Balaban J connectivity index is 1.30. The smallest absolute Gasteiger partial charge is 0.259 e. The van der Waals surface area contributed by atoms with Crippen LogP contribution in [0, 0.1) is 19.8 Å². The fourth-order valence-electron chi connectivity index (χ4n) is 3.81. The summed E-state index contributed by atoms with van der Waals surface area (Å²) in [6.07, 6.45) is 3.64. The van der Waals surface area contributed by atoms with Gasteiger partial charge in [-0.3, -0.25) is 14.4 Å². The number of H-pyrrole nitrogens is 1. The molecule has 0 spiro atoms. The normalized spacial score (nSPS) is 18.6. The predicted molar refractivity (Wildman–Crippen MR) is 121 cm³/mol. The first kappa shape index (κ1) is 21.4. The van der Waals surface area contributed by atoms with Crippen LogP contribution in [-0.4, -0.2) is 51.1 Å². The van der Waals surface area contributed by atoms with E-state index in [9.17, 15) is 14.4 Å². The number of carbonyl (C=O) groups is 2. The van der Waals surface area contributed by atoms with E-state index < -0.39 is 0 Å². The van der Waals surface area contributed by atoms with E-state index in [0.717, 1.165) is 41.0 Å². The Hall–Kier alpha value is -1.87. The zero-order chi connectivity index (χ0) is 21.4. The van der Waals surface area contributed by atoms with Crippen LogP contribution in [0.1, 0.15) is 48.9 Å². The zero-order valence-electron chi connectivity index (χ0n) is 17.6. The summed E-state index contributed by atoms with van der Waals surface area (Å²) < 4.78 is 0. The summed E-state index contributed by atoms with van der Waals surface area (Å²) in [5, 5.41) is 3.51. The second-order valence-electron chi connectivity index (χ2n) is 8.31. The molecule has 162 valence electrons. The zero-order valence-corrected chi connectivity index (χ0v) is 19.3. The molecule has 2 fully saturated rings. The number of thiophene rings is 1. The molecular formula is C21H28N4O3S2. The molecule has 30 heavy (non-hydrogen) atoms. The Morgan fingerprint density at radius 1 is 1.27 bits per heavy atom. The number of nitrogens with one attached hydrogen (secondary N) is 2.